The summed E-state index contributed by atoms with van der Waals surface area (Å²) >= 11 is 0. The molecule has 0 bridgehead atoms. The molecular formula is C22H26N2O6. The van der Waals surface area contributed by atoms with Crippen molar-refractivity contribution < 1.29 is 28.6 Å². The monoisotopic (exact) mass is 414 g/mol. The van der Waals surface area contributed by atoms with Crippen molar-refractivity contribution in [2.24, 2.45) is 0 Å². The highest BCUT2D eigenvalue weighted by atomic mass is 16.5. The van der Waals surface area contributed by atoms with Crippen molar-refractivity contribution in [2.75, 3.05) is 31.0 Å². The van der Waals surface area contributed by atoms with Crippen LogP contribution in [0.15, 0.2) is 42.5 Å². The third-order valence-electron chi connectivity index (χ3n) is 3.98. The van der Waals surface area contributed by atoms with E-state index in [0.717, 1.165) is 12.8 Å². The molecule has 0 spiro atoms. The van der Waals surface area contributed by atoms with Gasteiger partial charge >= 0.3 is 5.97 Å². The van der Waals surface area contributed by atoms with Gasteiger partial charge in [0, 0.05) is 12.6 Å². The third-order valence-corrected chi connectivity index (χ3v) is 3.98. The van der Waals surface area contributed by atoms with Crippen LogP contribution in [-0.2, 0) is 14.3 Å². The van der Waals surface area contributed by atoms with Crippen LogP contribution in [-0.4, -0.2) is 38.1 Å². The van der Waals surface area contributed by atoms with E-state index in [1.165, 1.54) is 14.0 Å². The van der Waals surface area contributed by atoms with Crippen LogP contribution in [0, 0.1) is 0 Å². The molecule has 8 nitrogen and oxygen atoms in total. The number of hydrogen-bond acceptors (Lipinski definition) is 6. The molecule has 0 aliphatic carbocycles. The van der Waals surface area contributed by atoms with Gasteiger partial charge in [-0.05, 0) is 48.9 Å². The predicted molar refractivity (Wildman–Crippen MR) is 113 cm³/mol. The zero-order valence-corrected chi connectivity index (χ0v) is 17.3. The Bertz CT molecular complexity index is 880. The van der Waals surface area contributed by atoms with E-state index < -0.39 is 18.5 Å². The minimum absolute atomic E-state index is 0.242. The molecule has 2 aromatic carbocycles. The van der Waals surface area contributed by atoms with E-state index in [2.05, 4.69) is 17.6 Å². The molecule has 0 atom stereocenters. The lowest BCUT2D eigenvalue weighted by Crippen LogP contribution is -2.21. The Hall–Kier alpha value is -3.55. The molecule has 0 aliphatic rings. The van der Waals surface area contributed by atoms with Gasteiger partial charge in [0.05, 0.1) is 25.0 Å². The number of rotatable bonds is 10. The van der Waals surface area contributed by atoms with Gasteiger partial charge in [-0.2, -0.15) is 0 Å². The molecular weight excluding hydrogens is 388 g/mol. The largest absolute Gasteiger partial charge is 0.495 e. The summed E-state index contributed by atoms with van der Waals surface area (Å²) in [4.78, 5) is 35.6. The maximum Gasteiger partial charge on any atom is 0.338 e. The molecule has 0 saturated carbocycles. The van der Waals surface area contributed by atoms with E-state index in [0.29, 0.717) is 35.0 Å². The van der Waals surface area contributed by atoms with Crippen LogP contribution >= 0.6 is 0 Å². The molecule has 2 N–H and O–H groups in total. The number of anilines is 2. The van der Waals surface area contributed by atoms with E-state index in [9.17, 15) is 14.4 Å². The molecule has 2 rings (SSSR count). The van der Waals surface area contributed by atoms with Gasteiger partial charge in [-0.25, -0.2) is 4.79 Å². The Morgan fingerprint density at radius 2 is 1.73 bits per heavy atom. The van der Waals surface area contributed by atoms with Crippen molar-refractivity contribution >= 4 is 29.2 Å². The average Bonchev–Trinajstić information content (AvgIpc) is 2.72. The standard InChI is InChI=1S/C22H26N2O6/c1-4-5-12-29-18-9-6-16(7-10-18)22(27)30-14-21(26)24-19-13-17(23-15(2)25)8-11-20(19)28-3/h6-11,13H,4-5,12,14H2,1-3H3,(H,23,25)(H,24,26). The number of ether oxygens (including phenoxy) is 3. The van der Waals surface area contributed by atoms with Gasteiger partial charge in [-0.15, -0.1) is 0 Å². The molecule has 0 saturated heterocycles. The number of amides is 2. The quantitative estimate of drug-likeness (QED) is 0.455. The molecule has 0 aromatic heterocycles. The molecule has 0 radical (unpaired) electrons. The summed E-state index contributed by atoms with van der Waals surface area (Å²) in [6, 6.07) is 11.3. The van der Waals surface area contributed by atoms with Crippen molar-refractivity contribution in [2.45, 2.75) is 26.7 Å². The number of hydrogen-bond donors (Lipinski definition) is 2. The van der Waals surface area contributed by atoms with Crippen molar-refractivity contribution in [3.05, 3.63) is 48.0 Å². The van der Waals surface area contributed by atoms with Gasteiger partial charge in [0.2, 0.25) is 5.91 Å². The topological polar surface area (TPSA) is 103 Å². The van der Waals surface area contributed by atoms with Crippen LogP contribution in [0.25, 0.3) is 0 Å². The van der Waals surface area contributed by atoms with E-state index >= 15 is 0 Å². The first kappa shape index (κ1) is 22.7. The number of carbonyl (C=O) groups is 3. The Morgan fingerprint density at radius 3 is 2.37 bits per heavy atom. The number of esters is 1. The highest BCUT2D eigenvalue weighted by Crippen LogP contribution is 2.27. The number of carbonyl (C=O) groups excluding carboxylic acids is 3. The van der Waals surface area contributed by atoms with Crippen LogP contribution in [0.3, 0.4) is 0 Å². The fourth-order valence-electron chi connectivity index (χ4n) is 2.51. The summed E-state index contributed by atoms with van der Waals surface area (Å²) in [6.07, 6.45) is 1.99. The molecule has 30 heavy (non-hydrogen) atoms. The third kappa shape index (κ3) is 7.12. The first-order valence-electron chi connectivity index (χ1n) is 9.58. The van der Waals surface area contributed by atoms with Crippen molar-refractivity contribution in [3.8, 4) is 11.5 Å². The van der Waals surface area contributed by atoms with Crippen LogP contribution in [0.5, 0.6) is 11.5 Å². The Labute approximate surface area is 175 Å². The second-order valence-electron chi connectivity index (χ2n) is 6.45. The van der Waals surface area contributed by atoms with Gasteiger partial charge in [0.15, 0.2) is 6.61 Å². The highest BCUT2D eigenvalue weighted by Gasteiger charge is 2.13. The summed E-state index contributed by atoms with van der Waals surface area (Å²) in [5, 5.41) is 5.23. The second-order valence-corrected chi connectivity index (χ2v) is 6.45. The molecule has 8 heteroatoms. The minimum atomic E-state index is -0.621. The van der Waals surface area contributed by atoms with Gasteiger partial charge in [0.1, 0.15) is 11.5 Å². The fourth-order valence-corrected chi connectivity index (χ4v) is 2.51. The summed E-state index contributed by atoms with van der Waals surface area (Å²) in [5.41, 5.74) is 1.16. The van der Waals surface area contributed by atoms with Crippen LogP contribution in [0.2, 0.25) is 0 Å². The smallest absolute Gasteiger partial charge is 0.338 e. The average molecular weight is 414 g/mol. The zero-order valence-electron chi connectivity index (χ0n) is 17.3. The number of nitrogens with one attached hydrogen (secondary N) is 2. The lowest BCUT2D eigenvalue weighted by atomic mass is 10.2. The lowest BCUT2D eigenvalue weighted by molar-refractivity contribution is -0.119. The molecule has 0 heterocycles. The molecule has 2 aromatic rings. The normalized spacial score (nSPS) is 10.1. The van der Waals surface area contributed by atoms with Gasteiger partial charge in [-0.3, -0.25) is 9.59 Å². The summed E-state index contributed by atoms with van der Waals surface area (Å²) in [5.74, 6) is -0.329. The van der Waals surface area contributed by atoms with Gasteiger partial charge in [-0.1, -0.05) is 13.3 Å². The Kier molecular flexibility index (Phi) is 8.68. The van der Waals surface area contributed by atoms with Crippen LogP contribution in [0.1, 0.15) is 37.0 Å². The number of methoxy groups -OCH3 is 1. The lowest BCUT2D eigenvalue weighted by Gasteiger charge is -2.12. The molecule has 0 fully saturated rings. The van der Waals surface area contributed by atoms with Crippen molar-refractivity contribution in [3.63, 3.8) is 0 Å². The molecule has 0 aliphatic heterocycles. The van der Waals surface area contributed by atoms with Gasteiger partial charge in [0.25, 0.3) is 5.91 Å². The van der Waals surface area contributed by atoms with Crippen molar-refractivity contribution in [1.29, 1.82) is 0 Å². The number of unbranched alkanes of at least 4 members (excludes halogenated alkanes) is 1. The summed E-state index contributed by atoms with van der Waals surface area (Å²) < 4.78 is 15.8. The van der Waals surface area contributed by atoms with E-state index in [1.54, 1.807) is 42.5 Å². The first-order valence-corrected chi connectivity index (χ1v) is 9.58. The summed E-state index contributed by atoms with van der Waals surface area (Å²) in [6.45, 7) is 3.61. The van der Waals surface area contributed by atoms with Gasteiger partial charge < -0.3 is 24.8 Å². The minimum Gasteiger partial charge on any atom is -0.495 e. The maximum absolute atomic E-state index is 12.2. The second kappa shape index (κ2) is 11.5. The molecule has 2 amide bonds. The predicted octanol–water partition coefficient (Wildman–Crippen LogP) is 3.63. The van der Waals surface area contributed by atoms with E-state index in [1.807, 2.05) is 0 Å². The van der Waals surface area contributed by atoms with Crippen LogP contribution < -0.4 is 20.1 Å². The highest BCUT2D eigenvalue weighted by molar-refractivity contribution is 5.97. The fraction of sp³-hybridized carbons (Fsp3) is 0.318. The molecule has 0 unspecified atom stereocenters. The number of benzene rings is 2. The maximum atomic E-state index is 12.2. The van der Waals surface area contributed by atoms with E-state index in [4.69, 9.17) is 14.2 Å². The SMILES string of the molecule is CCCCOc1ccc(C(=O)OCC(=O)Nc2cc(NC(C)=O)ccc2OC)cc1. The molecule has 160 valence electrons. The first-order chi connectivity index (χ1) is 14.4. The Balaban J connectivity index is 1.91. The van der Waals surface area contributed by atoms with Crippen LogP contribution in [0.4, 0.5) is 11.4 Å². The summed E-state index contributed by atoms with van der Waals surface area (Å²) in [7, 11) is 1.46. The Morgan fingerprint density at radius 1 is 1.00 bits per heavy atom. The zero-order chi connectivity index (χ0) is 21.9. The van der Waals surface area contributed by atoms with E-state index in [-0.39, 0.29) is 5.91 Å². The van der Waals surface area contributed by atoms with Crippen molar-refractivity contribution in [1.82, 2.24) is 0 Å².